The van der Waals surface area contributed by atoms with Crippen molar-refractivity contribution in [1.29, 1.82) is 0 Å². The average molecular weight is 189 g/mol. The Kier molecular flexibility index (Phi) is 5.66. The van der Waals surface area contributed by atoms with Crippen LogP contribution in [0.1, 0.15) is 33.6 Å². The molecule has 0 spiro atoms. The van der Waals surface area contributed by atoms with E-state index in [1.807, 2.05) is 20.8 Å². The second-order valence-corrected chi connectivity index (χ2v) is 3.85. The molecule has 0 atom stereocenters. The number of aliphatic hydroxyl groups excluding tert-OH is 1. The van der Waals surface area contributed by atoms with Crippen molar-refractivity contribution in [3.8, 4) is 0 Å². The standard InChI is InChI=1S/C9H19NO3/c1-9(2,3)13-8(12)5-4-6-10-7-11/h10-11H,4-7H2,1-3H3. The van der Waals surface area contributed by atoms with Crippen LogP contribution in [0.2, 0.25) is 0 Å². The molecule has 0 radical (unpaired) electrons. The lowest BCUT2D eigenvalue weighted by Crippen LogP contribution is -2.24. The van der Waals surface area contributed by atoms with Gasteiger partial charge in [0.05, 0.1) is 6.73 Å². The quantitative estimate of drug-likeness (QED) is 0.379. The van der Waals surface area contributed by atoms with Crippen LogP contribution in [0.5, 0.6) is 0 Å². The van der Waals surface area contributed by atoms with Crippen LogP contribution in [0.4, 0.5) is 0 Å². The predicted octanol–water partition coefficient (Wildman–Crippen LogP) is 0.648. The molecular formula is C9H19NO3. The Hall–Kier alpha value is -0.610. The number of hydrogen-bond acceptors (Lipinski definition) is 4. The monoisotopic (exact) mass is 189 g/mol. The third kappa shape index (κ3) is 9.30. The summed E-state index contributed by atoms with van der Waals surface area (Å²) in [6.07, 6.45) is 1.08. The first-order chi connectivity index (χ1) is 5.95. The van der Waals surface area contributed by atoms with Crippen molar-refractivity contribution in [2.75, 3.05) is 13.3 Å². The maximum absolute atomic E-state index is 11.1. The molecule has 0 heterocycles. The molecule has 2 N–H and O–H groups in total. The highest BCUT2D eigenvalue weighted by Crippen LogP contribution is 2.08. The first kappa shape index (κ1) is 12.4. The molecular weight excluding hydrogens is 170 g/mol. The first-order valence-electron chi connectivity index (χ1n) is 4.49. The highest BCUT2D eigenvalue weighted by Gasteiger charge is 2.15. The van der Waals surface area contributed by atoms with Gasteiger partial charge in [0.25, 0.3) is 0 Å². The molecule has 0 saturated heterocycles. The Morgan fingerprint density at radius 3 is 2.54 bits per heavy atom. The van der Waals surface area contributed by atoms with Crippen molar-refractivity contribution >= 4 is 5.97 Å². The lowest BCUT2D eigenvalue weighted by molar-refractivity contribution is -0.154. The van der Waals surface area contributed by atoms with Gasteiger partial charge >= 0.3 is 5.97 Å². The first-order valence-corrected chi connectivity index (χ1v) is 4.49. The molecule has 0 rings (SSSR count). The number of hydrogen-bond donors (Lipinski definition) is 2. The molecule has 78 valence electrons. The maximum Gasteiger partial charge on any atom is 0.306 e. The van der Waals surface area contributed by atoms with E-state index in [-0.39, 0.29) is 12.7 Å². The van der Waals surface area contributed by atoms with Gasteiger partial charge in [0.1, 0.15) is 5.60 Å². The van der Waals surface area contributed by atoms with Crippen LogP contribution in [0, 0.1) is 0 Å². The summed E-state index contributed by atoms with van der Waals surface area (Å²) in [6.45, 7) is 6.12. The molecule has 0 amide bonds. The van der Waals surface area contributed by atoms with Gasteiger partial charge in [-0.1, -0.05) is 0 Å². The molecule has 0 fully saturated rings. The molecule has 0 unspecified atom stereocenters. The van der Waals surface area contributed by atoms with Gasteiger partial charge in [-0.2, -0.15) is 0 Å². The lowest BCUT2D eigenvalue weighted by atomic mass is 10.2. The summed E-state index contributed by atoms with van der Waals surface area (Å²) in [5.41, 5.74) is -0.401. The van der Waals surface area contributed by atoms with E-state index in [1.54, 1.807) is 0 Å². The van der Waals surface area contributed by atoms with E-state index in [0.717, 1.165) is 0 Å². The van der Waals surface area contributed by atoms with Crippen molar-refractivity contribution in [3.05, 3.63) is 0 Å². The average Bonchev–Trinajstić information content (AvgIpc) is 1.94. The second kappa shape index (κ2) is 5.94. The molecule has 0 bridgehead atoms. The smallest absolute Gasteiger partial charge is 0.306 e. The molecule has 0 aromatic carbocycles. The molecule has 0 aliphatic rings. The Balaban J connectivity index is 3.41. The van der Waals surface area contributed by atoms with Gasteiger partial charge < -0.3 is 9.84 Å². The van der Waals surface area contributed by atoms with Crippen LogP contribution in [0.15, 0.2) is 0 Å². The Morgan fingerprint density at radius 1 is 1.46 bits per heavy atom. The second-order valence-electron chi connectivity index (χ2n) is 3.85. The van der Waals surface area contributed by atoms with Gasteiger partial charge in [0, 0.05) is 6.42 Å². The maximum atomic E-state index is 11.1. The van der Waals surface area contributed by atoms with E-state index in [9.17, 15) is 4.79 Å². The van der Waals surface area contributed by atoms with Gasteiger partial charge in [0.15, 0.2) is 0 Å². The van der Waals surface area contributed by atoms with E-state index >= 15 is 0 Å². The number of esters is 1. The largest absolute Gasteiger partial charge is 0.460 e. The molecule has 4 heteroatoms. The summed E-state index contributed by atoms with van der Waals surface area (Å²) >= 11 is 0. The third-order valence-electron chi connectivity index (χ3n) is 1.27. The highest BCUT2D eigenvalue weighted by molar-refractivity contribution is 5.69. The zero-order valence-electron chi connectivity index (χ0n) is 8.59. The minimum absolute atomic E-state index is 0.0473. The molecule has 0 aromatic rings. The third-order valence-corrected chi connectivity index (χ3v) is 1.27. The highest BCUT2D eigenvalue weighted by atomic mass is 16.6. The number of carbonyl (C=O) groups excluding carboxylic acids is 1. The fraction of sp³-hybridized carbons (Fsp3) is 0.889. The molecule has 0 saturated carbocycles. The van der Waals surface area contributed by atoms with Gasteiger partial charge in [0.2, 0.25) is 0 Å². The fourth-order valence-corrected chi connectivity index (χ4v) is 0.829. The molecule has 13 heavy (non-hydrogen) atoms. The fourth-order valence-electron chi connectivity index (χ4n) is 0.829. The van der Waals surface area contributed by atoms with E-state index in [1.165, 1.54) is 0 Å². The van der Waals surface area contributed by atoms with Crippen LogP contribution in [-0.4, -0.2) is 30.0 Å². The number of carbonyl (C=O) groups is 1. The van der Waals surface area contributed by atoms with Crippen LogP contribution in [0.3, 0.4) is 0 Å². The number of nitrogens with one attached hydrogen (secondary N) is 1. The molecule has 4 nitrogen and oxygen atoms in total. The van der Waals surface area contributed by atoms with Gasteiger partial charge in [-0.15, -0.1) is 0 Å². The normalized spacial score (nSPS) is 11.4. The van der Waals surface area contributed by atoms with Crippen LogP contribution in [0.25, 0.3) is 0 Å². The van der Waals surface area contributed by atoms with Gasteiger partial charge in [-0.05, 0) is 33.7 Å². The predicted molar refractivity (Wildman–Crippen MR) is 50.2 cm³/mol. The minimum atomic E-state index is -0.401. The minimum Gasteiger partial charge on any atom is -0.460 e. The van der Waals surface area contributed by atoms with Gasteiger partial charge in [-0.25, -0.2) is 0 Å². The van der Waals surface area contributed by atoms with E-state index in [4.69, 9.17) is 9.84 Å². The molecule has 0 aromatic heterocycles. The number of ether oxygens (including phenoxy) is 1. The van der Waals surface area contributed by atoms with E-state index in [2.05, 4.69) is 5.32 Å². The summed E-state index contributed by atoms with van der Waals surface area (Å²) in [6, 6.07) is 0. The molecule has 0 aliphatic carbocycles. The summed E-state index contributed by atoms with van der Waals surface area (Å²) in [5, 5.41) is 11.1. The van der Waals surface area contributed by atoms with Crippen molar-refractivity contribution in [2.24, 2.45) is 0 Å². The zero-order chi connectivity index (χ0) is 10.3. The summed E-state index contributed by atoms with van der Waals surface area (Å²) < 4.78 is 5.09. The lowest BCUT2D eigenvalue weighted by Gasteiger charge is -2.19. The van der Waals surface area contributed by atoms with Crippen molar-refractivity contribution in [2.45, 2.75) is 39.2 Å². The summed E-state index contributed by atoms with van der Waals surface area (Å²) in [7, 11) is 0. The van der Waals surface area contributed by atoms with Crippen molar-refractivity contribution in [1.82, 2.24) is 5.32 Å². The van der Waals surface area contributed by atoms with Crippen LogP contribution < -0.4 is 5.32 Å². The Morgan fingerprint density at radius 2 is 2.08 bits per heavy atom. The summed E-state index contributed by atoms with van der Waals surface area (Å²) in [4.78, 5) is 11.1. The van der Waals surface area contributed by atoms with Gasteiger partial charge in [-0.3, -0.25) is 10.1 Å². The molecule has 0 aliphatic heterocycles. The Labute approximate surface area is 79.3 Å². The van der Waals surface area contributed by atoms with E-state index < -0.39 is 5.60 Å². The number of rotatable bonds is 5. The SMILES string of the molecule is CC(C)(C)OC(=O)CCCNCO. The van der Waals surface area contributed by atoms with Crippen molar-refractivity contribution in [3.63, 3.8) is 0 Å². The zero-order valence-corrected chi connectivity index (χ0v) is 8.59. The van der Waals surface area contributed by atoms with Crippen molar-refractivity contribution < 1.29 is 14.6 Å². The van der Waals surface area contributed by atoms with Crippen LogP contribution >= 0.6 is 0 Å². The number of aliphatic hydroxyl groups is 1. The van der Waals surface area contributed by atoms with Crippen LogP contribution in [-0.2, 0) is 9.53 Å². The Bertz CT molecular complexity index is 151. The van der Waals surface area contributed by atoms with E-state index in [0.29, 0.717) is 19.4 Å². The topological polar surface area (TPSA) is 58.6 Å². The summed E-state index contributed by atoms with van der Waals surface area (Å²) in [5.74, 6) is -0.188.